The first-order valence-corrected chi connectivity index (χ1v) is 10.5. The molecule has 6 nitrogen and oxygen atoms in total. The summed E-state index contributed by atoms with van der Waals surface area (Å²) < 4.78 is 11.5. The molecule has 0 aliphatic carbocycles. The lowest BCUT2D eigenvalue weighted by atomic mass is 10.1. The first-order chi connectivity index (χ1) is 14.5. The molecule has 2 aromatic carbocycles. The number of hydrogen-bond acceptors (Lipinski definition) is 4. The van der Waals surface area contributed by atoms with Crippen LogP contribution in [-0.2, 0) is 9.53 Å². The van der Waals surface area contributed by atoms with E-state index >= 15 is 0 Å². The maximum Gasteiger partial charge on any atom is 0.265 e. The van der Waals surface area contributed by atoms with Crippen molar-refractivity contribution >= 4 is 17.5 Å². The van der Waals surface area contributed by atoms with Crippen molar-refractivity contribution in [2.75, 3.05) is 18.5 Å². The maximum atomic E-state index is 12.9. The molecule has 1 saturated heterocycles. The Kier molecular flexibility index (Phi) is 7.46. The molecule has 3 rings (SSSR count). The second kappa shape index (κ2) is 10.3. The number of rotatable bonds is 8. The highest BCUT2D eigenvalue weighted by Gasteiger charge is 2.22. The summed E-state index contributed by atoms with van der Waals surface area (Å²) >= 11 is 0. The molecule has 2 N–H and O–H groups in total. The first-order valence-electron chi connectivity index (χ1n) is 10.5. The fraction of sp³-hybridized carbons (Fsp3) is 0.417. The van der Waals surface area contributed by atoms with Crippen LogP contribution in [0.2, 0.25) is 0 Å². The Balaban J connectivity index is 1.66. The van der Waals surface area contributed by atoms with Crippen molar-refractivity contribution in [1.29, 1.82) is 0 Å². The molecule has 2 aromatic rings. The van der Waals surface area contributed by atoms with Crippen LogP contribution in [0.1, 0.15) is 47.7 Å². The van der Waals surface area contributed by atoms with Crippen molar-refractivity contribution in [2.45, 2.75) is 52.2 Å². The molecular formula is C24H30N2O4. The van der Waals surface area contributed by atoms with Crippen LogP contribution in [0, 0.1) is 13.8 Å². The summed E-state index contributed by atoms with van der Waals surface area (Å²) in [4.78, 5) is 25.5. The number of aryl methyl sites for hydroxylation is 2. The second-order valence-corrected chi connectivity index (χ2v) is 7.72. The lowest BCUT2D eigenvalue weighted by molar-refractivity contribution is -0.122. The summed E-state index contributed by atoms with van der Waals surface area (Å²) in [5, 5.41) is 5.77. The van der Waals surface area contributed by atoms with Crippen LogP contribution < -0.4 is 15.4 Å². The van der Waals surface area contributed by atoms with Crippen molar-refractivity contribution in [3.8, 4) is 5.75 Å². The quantitative estimate of drug-likeness (QED) is 0.689. The van der Waals surface area contributed by atoms with E-state index in [1.165, 1.54) is 0 Å². The van der Waals surface area contributed by atoms with Gasteiger partial charge in [0.05, 0.1) is 17.4 Å². The molecule has 30 heavy (non-hydrogen) atoms. The fourth-order valence-electron chi connectivity index (χ4n) is 3.60. The Morgan fingerprint density at radius 2 is 1.90 bits per heavy atom. The Hall–Kier alpha value is -2.86. The minimum atomic E-state index is -0.658. The largest absolute Gasteiger partial charge is 0.481 e. The summed E-state index contributed by atoms with van der Waals surface area (Å²) in [6.07, 6.45) is 1.88. The van der Waals surface area contributed by atoms with Crippen LogP contribution in [0.4, 0.5) is 5.69 Å². The Morgan fingerprint density at radius 1 is 1.17 bits per heavy atom. The maximum absolute atomic E-state index is 12.9. The normalized spacial score (nSPS) is 16.7. The molecule has 0 saturated carbocycles. The minimum Gasteiger partial charge on any atom is -0.481 e. The van der Waals surface area contributed by atoms with Crippen LogP contribution in [0.3, 0.4) is 0 Å². The Labute approximate surface area is 178 Å². The summed E-state index contributed by atoms with van der Waals surface area (Å²) in [7, 11) is 0. The van der Waals surface area contributed by atoms with Crippen LogP contribution in [0.15, 0.2) is 42.5 Å². The molecule has 6 heteroatoms. The molecule has 0 aromatic heterocycles. The average Bonchev–Trinajstić information content (AvgIpc) is 3.23. The fourth-order valence-corrected chi connectivity index (χ4v) is 3.60. The van der Waals surface area contributed by atoms with E-state index in [2.05, 4.69) is 16.7 Å². The predicted molar refractivity (Wildman–Crippen MR) is 117 cm³/mol. The third-order valence-electron chi connectivity index (χ3n) is 5.08. The molecule has 0 bridgehead atoms. The van der Waals surface area contributed by atoms with E-state index in [0.717, 1.165) is 30.6 Å². The van der Waals surface area contributed by atoms with Gasteiger partial charge in [0.1, 0.15) is 5.75 Å². The highest BCUT2D eigenvalue weighted by Crippen LogP contribution is 2.21. The number of carbonyl (C=O) groups excluding carboxylic acids is 2. The zero-order valence-electron chi connectivity index (χ0n) is 17.9. The summed E-state index contributed by atoms with van der Waals surface area (Å²) in [6.45, 7) is 7.09. The van der Waals surface area contributed by atoms with Gasteiger partial charge in [-0.05, 0) is 68.5 Å². The van der Waals surface area contributed by atoms with Gasteiger partial charge in [0.15, 0.2) is 6.10 Å². The van der Waals surface area contributed by atoms with Crippen molar-refractivity contribution < 1.29 is 19.1 Å². The van der Waals surface area contributed by atoms with Crippen molar-refractivity contribution in [2.24, 2.45) is 0 Å². The van der Waals surface area contributed by atoms with Gasteiger partial charge in [-0.25, -0.2) is 0 Å². The molecule has 2 amide bonds. The summed E-state index contributed by atoms with van der Waals surface area (Å²) in [5.41, 5.74) is 3.04. The van der Waals surface area contributed by atoms with E-state index in [0.29, 0.717) is 30.0 Å². The molecular weight excluding hydrogens is 380 g/mol. The van der Waals surface area contributed by atoms with Crippen LogP contribution in [0.25, 0.3) is 0 Å². The zero-order valence-corrected chi connectivity index (χ0v) is 17.9. The molecule has 1 heterocycles. The van der Waals surface area contributed by atoms with Crippen molar-refractivity contribution in [3.05, 3.63) is 59.2 Å². The van der Waals surface area contributed by atoms with E-state index in [9.17, 15) is 9.59 Å². The highest BCUT2D eigenvalue weighted by molar-refractivity contribution is 6.04. The van der Waals surface area contributed by atoms with Gasteiger partial charge in [-0.15, -0.1) is 0 Å². The van der Waals surface area contributed by atoms with E-state index in [4.69, 9.17) is 9.47 Å². The number of ether oxygens (including phenoxy) is 2. The minimum absolute atomic E-state index is 0.0614. The van der Waals surface area contributed by atoms with Crippen molar-refractivity contribution in [1.82, 2.24) is 5.32 Å². The molecule has 0 radical (unpaired) electrons. The van der Waals surface area contributed by atoms with E-state index < -0.39 is 6.10 Å². The van der Waals surface area contributed by atoms with Gasteiger partial charge in [-0.2, -0.15) is 0 Å². The van der Waals surface area contributed by atoms with Crippen LogP contribution >= 0.6 is 0 Å². The molecule has 160 valence electrons. The van der Waals surface area contributed by atoms with Gasteiger partial charge in [0.2, 0.25) is 0 Å². The number of anilines is 1. The standard InChI is InChI=1S/C24H30N2O4/c1-4-22(30-19-13-16(2)12-17(3)14-19)24(28)26-21-10-6-5-9-20(21)23(27)25-15-18-8-7-11-29-18/h5-6,9-10,12-14,18,22H,4,7-8,11,15H2,1-3H3,(H,25,27)(H,26,28)/t18-,22-/m1/s1. The van der Waals surface area contributed by atoms with Gasteiger partial charge in [-0.3, -0.25) is 9.59 Å². The summed E-state index contributed by atoms with van der Waals surface area (Å²) in [5.74, 6) is 0.151. The van der Waals surface area contributed by atoms with Gasteiger partial charge in [0, 0.05) is 13.2 Å². The van der Waals surface area contributed by atoms with Crippen LogP contribution in [0.5, 0.6) is 5.75 Å². The van der Waals surface area contributed by atoms with Crippen LogP contribution in [-0.4, -0.2) is 37.2 Å². The topological polar surface area (TPSA) is 76.7 Å². The highest BCUT2D eigenvalue weighted by atomic mass is 16.5. The lowest BCUT2D eigenvalue weighted by Gasteiger charge is -2.19. The monoisotopic (exact) mass is 410 g/mol. The van der Waals surface area contributed by atoms with E-state index in [-0.39, 0.29) is 17.9 Å². The molecule has 1 aliphatic heterocycles. The SMILES string of the molecule is CC[C@@H](Oc1cc(C)cc(C)c1)C(=O)Nc1ccccc1C(=O)NC[C@H]1CCCO1. The van der Waals surface area contributed by atoms with E-state index in [1.807, 2.05) is 32.9 Å². The summed E-state index contributed by atoms with van der Waals surface area (Å²) in [6, 6.07) is 12.9. The number of para-hydroxylation sites is 1. The molecule has 1 aliphatic rings. The van der Waals surface area contributed by atoms with E-state index in [1.54, 1.807) is 24.3 Å². The first kappa shape index (κ1) is 21.8. The third-order valence-corrected chi connectivity index (χ3v) is 5.08. The number of carbonyl (C=O) groups is 2. The van der Waals surface area contributed by atoms with Gasteiger partial charge < -0.3 is 20.1 Å². The molecule has 1 fully saturated rings. The number of nitrogens with one attached hydrogen (secondary N) is 2. The third kappa shape index (κ3) is 5.83. The molecule has 0 unspecified atom stereocenters. The Morgan fingerprint density at radius 3 is 2.57 bits per heavy atom. The number of amides is 2. The number of hydrogen-bond donors (Lipinski definition) is 2. The van der Waals surface area contributed by atoms with Gasteiger partial charge in [0.25, 0.3) is 11.8 Å². The average molecular weight is 411 g/mol. The van der Waals surface area contributed by atoms with Crippen molar-refractivity contribution in [3.63, 3.8) is 0 Å². The smallest absolute Gasteiger partial charge is 0.265 e. The van der Waals surface area contributed by atoms with Gasteiger partial charge in [-0.1, -0.05) is 25.1 Å². The number of benzene rings is 2. The molecule has 0 spiro atoms. The predicted octanol–water partition coefficient (Wildman–Crippen LogP) is 4.01. The van der Waals surface area contributed by atoms with Gasteiger partial charge >= 0.3 is 0 Å². The lowest BCUT2D eigenvalue weighted by Crippen LogP contribution is -2.35. The molecule has 2 atom stereocenters. The zero-order chi connectivity index (χ0) is 21.5. The second-order valence-electron chi connectivity index (χ2n) is 7.72. The Bertz CT molecular complexity index is 870.